The first kappa shape index (κ1) is 24.6. The Morgan fingerprint density at radius 2 is 1.73 bits per heavy atom. The van der Waals surface area contributed by atoms with Gasteiger partial charge in [-0.05, 0) is 36.3 Å². The van der Waals surface area contributed by atoms with E-state index in [1.807, 2.05) is 37.3 Å². The van der Waals surface area contributed by atoms with Crippen molar-refractivity contribution in [3.8, 4) is 17.2 Å². The Kier molecular flexibility index (Phi) is 8.35. The van der Waals surface area contributed by atoms with Gasteiger partial charge in [0.25, 0.3) is 5.91 Å². The van der Waals surface area contributed by atoms with Crippen LogP contribution in [0.15, 0.2) is 47.4 Å². The lowest BCUT2D eigenvalue weighted by Crippen LogP contribution is -2.41. The van der Waals surface area contributed by atoms with E-state index in [2.05, 4.69) is 0 Å². The molecule has 0 atom stereocenters. The number of benzene rings is 2. The quantitative estimate of drug-likeness (QED) is 0.393. The molecule has 0 N–H and O–H groups in total. The molecule has 7 nitrogen and oxygen atoms in total. The average molecular weight is 487 g/mol. The molecule has 1 aliphatic heterocycles. The molecule has 9 heteroatoms. The summed E-state index contributed by atoms with van der Waals surface area (Å²) in [4.78, 5) is 29.4. The van der Waals surface area contributed by atoms with Crippen LogP contribution in [0.1, 0.15) is 18.1 Å². The van der Waals surface area contributed by atoms with Crippen molar-refractivity contribution in [2.75, 3.05) is 34.4 Å². The SMILES string of the molecule is CCN(Cc1ccccc1)C(=O)CN1C(=O)/C(=C/c2cc(OC)c(OC)c(OC)c2)SC1=S. The summed E-state index contributed by atoms with van der Waals surface area (Å²) in [5.41, 5.74) is 1.72. The Morgan fingerprint density at radius 3 is 2.27 bits per heavy atom. The van der Waals surface area contributed by atoms with Crippen LogP contribution in [0.3, 0.4) is 0 Å². The molecule has 0 bridgehead atoms. The summed E-state index contributed by atoms with van der Waals surface area (Å²) >= 11 is 6.57. The van der Waals surface area contributed by atoms with Gasteiger partial charge in [-0.25, -0.2) is 0 Å². The minimum absolute atomic E-state index is 0.0993. The summed E-state index contributed by atoms with van der Waals surface area (Å²) in [6.45, 7) is 2.82. The van der Waals surface area contributed by atoms with Gasteiger partial charge in [0, 0.05) is 13.1 Å². The number of thioether (sulfide) groups is 1. The van der Waals surface area contributed by atoms with Crippen LogP contribution in [-0.2, 0) is 16.1 Å². The molecule has 174 valence electrons. The van der Waals surface area contributed by atoms with Gasteiger partial charge >= 0.3 is 0 Å². The van der Waals surface area contributed by atoms with Crippen LogP contribution in [0.4, 0.5) is 0 Å². The Bertz CT molecular complexity index is 1050. The zero-order chi connectivity index (χ0) is 24.0. The van der Waals surface area contributed by atoms with Gasteiger partial charge in [0.15, 0.2) is 11.5 Å². The highest BCUT2D eigenvalue weighted by Crippen LogP contribution is 2.40. The molecule has 0 unspecified atom stereocenters. The largest absolute Gasteiger partial charge is 0.493 e. The molecule has 3 rings (SSSR count). The smallest absolute Gasteiger partial charge is 0.266 e. The van der Waals surface area contributed by atoms with E-state index in [1.165, 1.54) is 26.2 Å². The number of rotatable bonds is 9. The lowest BCUT2D eigenvalue weighted by molar-refractivity contribution is -0.135. The zero-order valence-electron chi connectivity index (χ0n) is 19.0. The number of carbonyl (C=O) groups is 2. The summed E-state index contributed by atoms with van der Waals surface area (Å²) in [6.07, 6.45) is 1.70. The van der Waals surface area contributed by atoms with Crippen LogP contribution < -0.4 is 14.2 Å². The van der Waals surface area contributed by atoms with Crippen molar-refractivity contribution in [2.24, 2.45) is 0 Å². The number of hydrogen-bond acceptors (Lipinski definition) is 7. The first-order valence-electron chi connectivity index (χ1n) is 10.3. The Morgan fingerprint density at radius 1 is 1.09 bits per heavy atom. The van der Waals surface area contributed by atoms with Gasteiger partial charge < -0.3 is 19.1 Å². The number of likely N-dealkylation sites (N-methyl/N-ethyl adjacent to an activating group) is 1. The predicted octanol–water partition coefficient (Wildman–Crippen LogP) is 3.96. The van der Waals surface area contributed by atoms with E-state index in [0.29, 0.717) is 45.1 Å². The summed E-state index contributed by atoms with van der Waals surface area (Å²) in [5.74, 6) is 0.962. The maximum Gasteiger partial charge on any atom is 0.266 e. The summed E-state index contributed by atoms with van der Waals surface area (Å²) in [5, 5.41) is 0. The molecule has 1 saturated heterocycles. The van der Waals surface area contributed by atoms with Crippen molar-refractivity contribution < 1.29 is 23.8 Å². The summed E-state index contributed by atoms with van der Waals surface area (Å²) in [7, 11) is 4.59. The van der Waals surface area contributed by atoms with Crippen LogP contribution in [0, 0.1) is 0 Å². The Balaban J connectivity index is 1.77. The first-order valence-corrected chi connectivity index (χ1v) is 11.5. The molecule has 0 radical (unpaired) electrons. The number of thiocarbonyl (C=S) groups is 1. The standard InChI is InChI=1S/C24H26N2O5S2/c1-5-25(14-16-9-7-6-8-10-16)21(27)15-26-23(28)20(33-24(26)32)13-17-11-18(29-2)22(31-4)19(12-17)30-3/h6-13H,5,14-15H2,1-4H3/b20-13-. The lowest BCUT2D eigenvalue weighted by Gasteiger charge is -2.23. The van der Waals surface area contributed by atoms with Gasteiger partial charge in [-0.15, -0.1) is 0 Å². The molecule has 1 aliphatic rings. The molecule has 1 fully saturated rings. The molecule has 2 aromatic rings. The lowest BCUT2D eigenvalue weighted by atomic mass is 10.1. The Hall–Kier alpha value is -3.04. The van der Waals surface area contributed by atoms with Gasteiger partial charge in [0.2, 0.25) is 11.7 Å². The number of amides is 2. The van der Waals surface area contributed by atoms with Crippen molar-refractivity contribution in [2.45, 2.75) is 13.5 Å². The highest BCUT2D eigenvalue weighted by molar-refractivity contribution is 8.26. The molecule has 0 aromatic heterocycles. The second kappa shape index (κ2) is 11.2. The normalized spacial score (nSPS) is 14.5. The molecular formula is C24H26N2O5S2. The van der Waals surface area contributed by atoms with E-state index in [-0.39, 0.29) is 18.4 Å². The highest BCUT2D eigenvalue weighted by Gasteiger charge is 2.34. The van der Waals surface area contributed by atoms with Gasteiger partial charge in [-0.2, -0.15) is 0 Å². The number of methoxy groups -OCH3 is 3. The first-order chi connectivity index (χ1) is 15.9. The van der Waals surface area contributed by atoms with E-state index in [1.54, 1.807) is 23.1 Å². The summed E-state index contributed by atoms with van der Waals surface area (Å²) < 4.78 is 16.5. The average Bonchev–Trinajstić information content (AvgIpc) is 3.09. The molecule has 0 spiro atoms. The van der Waals surface area contributed by atoms with Crippen LogP contribution >= 0.6 is 24.0 Å². The van der Waals surface area contributed by atoms with E-state index < -0.39 is 0 Å². The fourth-order valence-electron chi connectivity index (χ4n) is 3.39. The van der Waals surface area contributed by atoms with E-state index in [0.717, 1.165) is 17.3 Å². The van der Waals surface area contributed by atoms with Gasteiger partial charge in [-0.3, -0.25) is 14.5 Å². The van der Waals surface area contributed by atoms with Crippen molar-refractivity contribution in [3.05, 3.63) is 58.5 Å². The number of nitrogens with zero attached hydrogens (tertiary/aromatic N) is 2. The fourth-order valence-corrected chi connectivity index (χ4v) is 4.64. The summed E-state index contributed by atoms with van der Waals surface area (Å²) in [6, 6.07) is 13.2. The van der Waals surface area contributed by atoms with E-state index in [9.17, 15) is 9.59 Å². The Labute approximate surface area is 203 Å². The predicted molar refractivity (Wildman–Crippen MR) is 134 cm³/mol. The molecular weight excluding hydrogens is 460 g/mol. The van der Waals surface area contributed by atoms with Crippen LogP contribution in [0.5, 0.6) is 17.2 Å². The number of carbonyl (C=O) groups excluding carboxylic acids is 2. The maximum atomic E-state index is 13.0. The molecule has 0 aliphatic carbocycles. The molecule has 33 heavy (non-hydrogen) atoms. The van der Waals surface area contributed by atoms with Crippen LogP contribution in [0.25, 0.3) is 6.08 Å². The maximum absolute atomic E-state index is 13.0. The molecule has 2 amide bonds. The third-order valence-electron chi connectivity index (χ3n) is 5.10. The monoisotopic (exact) mass is 486 g/mol. The van der Waals surface area contributed by atoms with Crippen LogP contribution in [-0.4, -0.2) is 60.4 Å². The minimum Gasteiger partial charge on any atom is -0.493 e. The third-order valence-corrected chi connectivity index (χ3v) is 6.48. The van der Waals surface area contributed by atoms with E-state index >= 15 is 0 Å². The van der Waals surface area contributed by atoms with Gasteiger partial charge in [0.05, 0.1) is 26.2 Å². The van der Waals surface area contributed by atoms with Crippen molar-refractivity contribution in [1.82, 2.24) is 9.80 Å². The zero-order valence-corrected chi connectivity index (χ0v) is 20.6. The minimum atomic E-state index is -0.303. The molecule has 2 aromatic carbocycles. The highest BCUT2D eigenvalue weighted by atomic mass is 32.2. The topological polar surface area (TPSA) is 68.3 Å². The van der Waals surface area contributed by atoms with Crippen LogP contribution in [0.2, 0.25) is 0 Å². The molecule has 0 saturated carbocycles. The molecule has 1 heterocycles. The second-order valence-corrected chi connectivity index (χ2v) is 8.80. The fraction of sp³-hybridized carbons (Fsp3) is 0.292. The second-order valence-electron chi connectivity index (χ2n) is 7.12. The van der Waals surface area contributed by atoms with Crippen molar-refractivity contribution in [1.29, 1.82) is 0 Å². The number of ether oxygens (including phenoxy) is 3. The van der Waals surface area contributed by atoms with Gasteiger partial charge in [-0.1, -0.05) is 54.3 Å². The van der Waals surface area contributed by atoms with E-state index in [4.69, 9.17) is 26.4 Å². The number of hydrogen-bond donors (Lipinski definition) is 0. The third kappa shape index (κ3) is 5.66. The van der Waals surface area contributed by atoms with Crippen molar-refractivity contribution >= 4 is 46.2 Å². The van der Waals surface area contributed by atoms with Gasteiger partial charge in [0.1, 0.15) is 10.9 Å². The van der Waals surface area contributed by atoms with Crippen molar-refractivity contribution in [3.63, 3.8) is 0 Å².